The maximum Gasteiger partial charge on any atom is 0.247 e. The molecule has 6 nitrogen and oxygen atoms in total. The maximum absolute atomic E-state index is 12.9. The van der Waals surface area contributed by atoms with Gasteiger partial charge in [-0.25, -0.2) is 0 Å². The molecule has 6 heteroatoms. The summed E-state index contributed by atoms with van der Waals surface area (Å²) in [6.07, 6.45) is 1.62. The number of rotatable bonds is 9. The second kappa shape index (κ2) is 10.1. The Morgan fingerprint density at radius 3 is 2.59 bits per heavy atom. The fraction of sp³-hybridized carbons (Fsp3) is 0.269. The number of amides is 1. The number of aryl methyl sites for hydroxylation is 1. The minimum atomic E-state index is 0.0128. The van der Waals surface area contributed by atoms with Gasteiger partial charge in [0, 0.05) is 37.6 Å². The van der Waals surface area contributed by atoms with Crippen LogP contribution in [0.4, 0.5) is 0 Å². The van der Waals surface area contributed by atoms with Gasteiger partial charge in [0.1, 0.15) is 5.75 Å². The molecule has 0 radical (unpaired) electrons. The van der Waals surface area contributed by atoms with Crippen molar-refractivity contribution in [3.8, 4) is 17.2 Å². The van der Waals surface area contributed by atoms with Gasteiger partial charge in [-0.2, -0.15) is 0 Å². The predicted octanol–water partition coefficient (Wildman–Crippen LogP) is 5.27. The first-order valence-corrected chi connectivity index (χ1v) is 10.9. The Morgan fingerprint density at radius 2 is 1.78 bits per heavy atom. The average Bonchev–Trinajstić information content (AvgIpc) is 3.31. The van der Waals surface area contributed by atoms with Crippen molar-refractivity contribution in [2.24, 2.45) is 0 Å². The third kappa shape index (κ3) is 4.97. The number of hydrogen-bond acceptors (Lipinski definition) is 5. The van der Waals surface area contributed by atoms with Crippen LogP contribution in [0.5, 0.6) is 5.75 Å². The lowest BCUT2D eigenvalue weighted by Crippen LogP contribution is -2.26. The van der Waals surface area contributed by atoms with Crippen molar-refractivity contribution < 1.29 is 13.9 Å². The third-order valence-electron chi connectivity index (χ3n) is 5.32. The monoisotopic (exact) mass is 429 g/mol. The van der Waals surface area contributed by atoms with Gasteiger partial charge in [0.2, 0.25) is 17.7 Å². The quantitative estimate of drug-likeness (QED) is 0.363. The SMILES string of the molecule is CCCOc1ccc2ccccc2c1CN(C)C(=O)CCc1nnc(-c2ccccc2)o1. The van der Waals surface area contributed by atoms with Crippen LogP contribution in [-0.4, -0.2) is 34.7 Å². The molecule has 1 amide bonds. The number of carbonyl (C=O) groups is 1. The molecular formula is C26H27N3O3. The molecule has 0 atom stereocenters. The normalized spacial score (nSPS) is 10.9. The minimum Gasteiger partial charge on any atom is -0.493 e. The Balaban J connectivity index is 1.44. The maximum atomic E-state index is 12.9. The number of ether oxygens (including phenoxy) is 1. The van der Waals surface area contributed by atoms with E-state index in [0.717, 1.165) is 34.1 Å². The molecular weight excluding hydrogens is 402 g/mol. The number of hydrogen-bond donors (Lipinski definition) is 0. The lowest BCUT2D eigenvalue weighted by Gasteiger charge is -2.21. The Kier molecular flexibility index (Phi) is 6.80. The lowest BCUT2D eigenvalue weighted by atomic mass is 10.0. The van der Waals surface area contributed by atoms with E-state index in [4.69, 9.17) is 9.15 Å². The van der Waals surface area contributed by atoms with Crippen LogP contribution >= 0.6 is 0 Å². The zero-order chi connectivity index (χ0) is 22.3. The molecule has 0 aliphatic carbocycles. The molecule has 0 N–H and O–H groups in total. The number of fused-ring (bicyclic) bond motifs is 1. The smallest absolute Gasteiger partial charge is 0.247 e. The molecule has 4 rings (SSSR count). The summed E-state index contributed by atoms with van der Waals surface area (Å²) >= 11 is 0. The zero-order valence-electron chi connectivity index (χ0n) is 18.5. The molecule has 1 heterocycles. The van der Waals surface area contributed by atoms with Gasteiger partial charge >= 0.3 is 0 Å². The Morgan fingerprint density at radius 1 is 1.00 bits per heavy atom. The fourth-order valence-electron chi connectivity index (χ4n) is 3.61. The summed E-state index contributed by atoms with van der Waals surface area (Å²) in [7, 11) is 1.82. The van der Waals surface area contributed by atoms with Gasteiger partial charge in [-0.1, -0.05) is 55.5 Å². The fourth-order valence-corrected chi connectivity index (χ4v) is 3.61. The average molecular weight is 430 g/mol. The van der Waals surface area contributed by atoms with Gasteiger partial charge in [-0.15, -0.1) is 10.2 Å². The second-order valence-electron chi connectivity index (χ2n) is 7.73. The predicted molar refractivity (Wildman–Crippen MR) is 124 cm³/mol. The first-order valence-electron chi connectivity index (χ1n) is 10.9. The molecule has 0 bridgehead atoms. The van der Waals surface area contributed by atoms with E-state index in [1.807, 2.05) is 55.6 Å². The van der Waals surface area contributed by atoms with Gasteiger partial charge in [0.25, 0.3) is 0 Å². The van der Waals surface area contributed by atoms with Crippen LogP contribution in [-0.2, 0) is 17.8 Å². The van der Waals surface area contributed by atoms with E-state index in [9.17, 15) is 4.79 Å². The van der Waals surface area contributed by atoms with E-state index in [1.165, 1.54) is 0 Å². The largest absolute Gasteiger partial charge is 0.493 e. The van der Waals surface area contributed by atoms with Gasteiger partial charge in [-0.3, -0.25) is 4.79 Å². The second-order valence-corrected chi connectivity index (χ2v) is 7.73. The molecule has 4 aromatic rings. The van der Waals surface area contributed by atoms with E-state index >= 15 is 0 Å². The van der Waals surface area contributed by atoms with Crippen LogP contribution < -0.4 is 4.74 Å². The summed E-state index contributed by atoms with van der Waals surface area (Å²) in [4.78, 5) is 14.6. The van der Waals surface area contributed by atoms with Crippen molar-refractivity contribution >= 4 is 16.7 Å². The summed E-state index contributed by atoms with van der Waals surface area (Å²) in [5, 5.41) is 10.4. The standard InChI is InChI=1S/C26H27N3O3/c1-3-17-31-23-14-13-19-9-7-8-12-21(19)22(23)18-29(2)25(30)16-15-24-27-28-26(32-24)20-10-5-4-6-11-20/h4-14H,3,15-18H2,1-2H3. The molecule has 0 saturated carbocycles. The topological polar surface area (TPSA) is 68.5 Å². The summed E-state index contributed by atoms with van der Waals surface area (Å²) in [5.41, 5.74) is 1.89. The highest BCUT2D eigenvalue weighted by molar-refractivity contribution is 5.88. The van der Waals surface area contributed by atoms with Crippen LogP contribution in [0.2, 0.25) is 0 Å². The molecule has 0 aliphatic heterocycles. The van der Waals surface area contributed by atoms with Crippen molar-refractivity contribution in [3.63, 3.8) is 0 Å². The summed E-state index contributed by atoms with van der Waals surface area (Å²) in [6.45, 7) is 3.19. The van der Waals surface area contributed by atoms with E-state index in [2.05, 4.69) is 35.3 Å². The van der Waals surface area contributed by atoms with Crippen molar-refractivity contribution in [1.82, 2.24) is 15.1 Å². The van der Waals surface area contributed by atoms with Crippen LogP contribution in [0.3, 0.4) is 0 Å². The van der Waals surface area contributed by atoms with E-state index in [1.54, 1.807) is 4.90 Å². The van der Waals surface area contributed by atoms with Gasteiger partial charge in [0.05, 0.1) is 6.61 Å². The minimum absolute atomic E-state index is 0.0128. The number of benzene rings is 3. The van der Waals surface area contributed by atoms with Gasteiger partial charge in [-0.05, 0) is 35.4 Å². The van der Waals surface area contributed by atoms with E-state index in [-0.39, 0.29) is 5.91 Å². The Bertz CT molecular complexity index is 1190. The van der Waals surface area contributed by atoms with Crippen molar-refractivity contribution in [2.75, 3.05) is 13.7 Å². The molecule has 1 aromatic heterocycles. The van der Waals surface area contributed by atoms with Crippen molar-refractivity contribution in [3.05, 3.63) is 78.2 Å². The highest BCUT2D eigenvalue weighted by Gasteiger charge is 2.17. The lowest BCUT2D eigenvalue weighted by molar-refractivity contribution is -0.130. The van der Waals surface area contributed by atoms with E-state index < -0.39 is 0 Å². The molecule has 32 heavy (non-hydrogen) atoms. The van der Waals surface area contributed by atoms with Crippen LogP contribution in [0.1, 0.15) is 31.2 Å². The number of nitrogens with zero attached hydrogens (tertiary/aromatic N) is 3. The molecule has 0 unspecified atom stereocenters. The summed E-state index contributed by atoms with van der Waals surface area (Å²) in [5.74, 6) is 1.77. The Hall–Kier alpha value is -3.67. The molecule has 3 aromatic carbocycles. The number of aromatic nitrogens is 2. The van der Waals surface area contributed by atoms with E-state index in [0.29, 0.717) is 37.8 Å². The third-order valence-corrected chi connectivity index (χ3v) is 5.32. The molecule has 164 valence electrons. The van der Waals surface area contributed by atoms with Gasteiger partial charge in [0.15, 0.2) is 0 Å². The van der Waals surface area contributed by atoms with Crippen LogP contribution in [0, 0.1) is 0 Å². The molecule has 0 aliphatic rings. The summed E-state index contributed by atoms with van der Waals surface area (Å²) < 4.78 is 11.7. The molecule has 0 fully saturated rings. The first kappa shape index (κ1) is 21.6. The van der Waals surface area contributed by atoms with Crippen LogP contribution in [0.15, 0.2) is 71.1 Å². The first-order chi connectivity index (χ1) is 15.7. The number of carbonyl (C=O) groups excluding carboxylic acids is 1. The zero-order valence-corrected chi connectivity index (χ0v) is 18.5. The highest BCUT2D eigenvalue weighted by atomic mass is 16.5. The highest BCUT2D eigenvalue weighted by Crippen LogP contribution is 2.29. The van der Waals surface area contributed by atoms with Crippen molar-refractivity contribution in [2.45, 2.75) is 32.7 Å². The Labute approximate surface area is 187 Å². The summed E-state index contributed by atoms with van der Waals surface area (Å²) in [6, 6.07) is 21.8. The van der Waals surface area contributed by atoms with Crippen LogP contribution in [0.25, 0.3) is 22.2 Å². The van der Waals surface area contributed by atoms with Crippen molar-refractivity contribution in [1.29, 1.82) is 0 Å². The molecule has 0 spiro atoms. The van der Waals surface area contributed by atoms with Gasteiger partial charge < -0.3 is 14.1 Å². The molecule has 0 saturated heterocycles.